The van der Waals surface area contributed by atoms with Crippen LogP contribution in [0.1, 0.15) is 5.56 Å². The predicted octanol–water partition coefficient (Wildman–Crippen LogP) is 5.43. The Bertz CT molecular complexity index is 943. The van der Waals surface area contributed by atoms with Crippen molar-refractivity contribution in [3.8, 4) is 0 Å². The van der Waals surface area contributed by atoms with Crippen molar-refractivity contribution in [3.05, 3.63) is 89.4 Å². The van der Waals surface area contributed by atoms with E-state index < -0.39 is 10.0 Å². The molecule has 0 aliphatic carbocycles. The lowest BCUT2D eigenvalue weighted by molar-refractivity contribution is 0.601. The van der Waals surface area contributed by atoms with Crippen molar-refractivity contribution in [2.45, 2.75) is 15.5 Å². The van der Waals surface area contributed by atoms with E-state index in [2.05, 4.69) is 4.72 Å². The van der Waals surface area contributed by atoms with E-state index in [1.165, 1.54) is 0 Å². The summed E-state index contributed by atoms with van der Waals surface area (Å²) in [5.41, 5.74) is 1.69. The molecule has 3 aromatic carbocycles. The van der Waals surface area contributed by atoms with Gasteiger partial charge in [-0.3, -0.25) is 4.72 Å². The summed E-state index contributed by atoms with van der Waals surface area (Å²) in [6, 6.07) is 23.4. The Labute approximate surface area is 157 Å². The third-order valence-corrected chi connectivity index (χ3v) is 6.27. The van der Waals surface area contributed by atoms with Crippen molar-refractivity contribution in [1.82, 2.24) is 0 Å². The summed E-state index contributed by atoms with van der Waals surface area (Å²) < 4.78 is 27.7. The van der Waals surface area contributed by atoms with Gasteiger partial charge in [-0.2, -0.15) is 0 Å². The van der Waals surface area contributed by atoms with Gasteiger partial charge < -0.3 is 0 Å². The van der Waals surface area contributed by atoms with Gasteiger partial charge in [-0.25, -0.2) is 8.42 Å². The largest absolute Gasteiger partial charge is 0.278 e. The van der Waals surface area contributed by atoms with E-state index in [0.29, 0.717) is 10.7 Å². The molecule has 0 saturated carbocycles. The van der Waals surface area contributed by atoms with Gasteiger partial charge in [0, 0.05) is 15.7 Å². The quantitative estimate of drug-likeness (QED) is 0.571. The molecule has 128 valence electrons. The van der Waals surface area contributed by atoms with Crippen LogP contribution in [0.2, 0.25) is 5.02 Å². The summed E-state index contributed by atoms with van der Waals surface area (Å²) >= 11 is 7.47. The highest BCUT2D eigenvalue weighted by atomic mass is 35.5. The predicted molar refractivity (Wildman–Crippen MR) is 105 cm³/mol. The van der Waals surface area contributed by atoms with Gasteiger partial charge in [0.25, 0.3) is 10.0 Å². The average molecular weight is 390 g/mol. The number of thioether (sulfide) groups is 1. The van der Waals surface area contributed by atoms with Crippen LogP contribution < -0.4 is 4.72 Å². The molecule has 0 fully saturated rings. The van der Waals surface area contributed by atoms with Crippen molar-refractivity contribution >= 4 is 39.1 Å². The Kier molecular flexibility index (Phi) is 5.68. The molecular formula is C19H16ClNO2S2. The summed E-state index contributed by atoms with van der Waals surface area (Å²) in [5, 5.41) is 0.699. The molecule has 0 aliphatic heterocycles. The van der Waals surface area contributed by atoms with Crippen molar-refractivity contribution in [1.29, 1.82) is 0 Å². The van der Waals surface area contributed by atoms with Crippen LogP contribution in [0.4, 0.5) is 5.69 Å². The number of hydrogen-bond donors (Lipinski definition) is 1. The molecule has 1 N–H and O–H groups in total. The van der Waals surface area contributed by atoms with E-state index in [0.717, 1.165) is 16.2 Å². The first-order valence-electron chi connectivity index (χ1n) is 7.59. The van der Waals surface area contributed by atoms with E-state index in [-0.39, 0.29) is 4.90 Å². The molecule has 0 aromatic heterocycles. The van der Waals surface area contributed by atoms with Gasteiger partial charge in [0.05, 0.1) is 10.6 Å². The minimum absolute atomic E-state index is 0.243. The number of sulfonamides is 1. The fourth-order valence-electron chi connectivity index (χ4n) is 2.22. The van der Waals surface area contributed by atoms with Crippen molar-refractivity contribution < 1.29 is 8.42 Å². The Balaban J connectivity index is 1.78. The molecule has 0 unspecified atom stereocenters. The van der Waals surface area contributed by atoms with Gasteiger partial charge in [-0.05, 0) is 42.0 Å². The molecule has 0 radical (unpaired) electrons. The molecule has 0 spiro atoms. The fourth-order valence-corrected chi connectivity index (χ4v) is 4.48. The number of benzene rings is 3. The van der Waals surface area contributed by atoms with Crippen molar-refractivity contribution in [2.24, 2.45) is 0 Å². The summed E-state index contributed by atoms with van der Waals surface area (Å²) in [5.74, 6) is 0.723. The topological polar surface area (TPSA) is 46.2 Å². The van der Waals surface area contributed by atoms with Gasteiger partial charge in [-0.15, -0.1) is 11.8 Å². The van der Waals surface area contributed by atoms with E-state index in [9.17, 15) is 8.42 Å². The minimum atomic E-state index is -3.61. The molecule has 25 heavy (non-hydrogen) atoms. The Morgan fingerprint density at radius 2 is 1.48 bits per heavy atom. The highest BCUT2D eigenvalue weighted by Crippen LogP contribution is 2.31. The molecule has 0 heterocycles. The SMILES string of the molecule is O=S(=O)(Nc1ccccc1SCc1ccc(Cl)cc1)c1ccccc1. The monoisotopic (exact) mass is 389 g/mol. The van der Waals surface area contributed by atoms with Crippen LogP contribution in [-0.2, 0) is 15.8 Å². The fraction of sp³-hybridized carbons (Fsp3) is 0.0526. The second kappa shape index (κ2) is 7.95. The van der Waals surface area contributed by atoms with Crippen molar-refractivity contribution in [2.75, 3.05) is 4.72 Å². The van der Waals surface area contributed by atoms with Gasteiger partial charge in [-0.1, -0.05) is 54.1 Å². The van der Waals surface area contributed by atoms with E-state index >= 15 is 0 Å². The number of anilines is 1. The van der Waals surface area contributed by atoms with Crippen LogP contribution in [0.15, 0.2) is 88.7 Å². The first-order valence-corrected chi connectivity index (χ1v) is 10.4. The lowest BCUT2D eigenvalue weighted by Crippen LogP contribution is -2.13. The second-order valence-electron chi connectivity index (χ2n) is 5.33. The van der Waals surface area contributed by atoms with Gasteiger partial charge in [0.15, 0.2) is 0 Å². The van der Waals surface area contributed by atoms with Crippen LogP contribution in [0.3, 0.4) is 0 Å². The number of halogens is 1. The average Bonchev–Trinajstić information content (AvgIpc) is 2.63. The molecular weight excluding hydrogens is 374 g/mol. The molecule has 3 nitrogen and oxygen atoms in total. The molecule has 3 rings (SSSR count). The van der Waals surface area contributed by atoms with Crippen LogP contribution in [0.5, 0.6) is 0 Å². The maximum atomic E-state index is 12.5. The number of hydrogen-bond acceptors (Lipinski definition) is 3. The summed E-state index contributed by atoms with van der Waals surface area (Å²) in [7, 11) is -3.61. The smallest absolute Gasteiger partial charge is 0.261 e. The Morgan fingerprint density at radius 1 is 0.840 bits per heavy atom. The summed E-state index contributed by atoms with van der Waals surface area (Å²) in [6.45, 7) is 0. The van der Waals surface area contributed by atoms with E-state index in [1.54, 1.807) is 48.2 Å². The van der Waals surface area contributed by atoms with Crippen molar-refractivity contribution in [3.63, 3.8) is 0 Å². The maximum Gasteiger partial charge on any atom is 0.261 e. The zero-order valence-corrected chi connectivity index (χ0v) is 15.6. The third-order valence-electron chi connectivity index (χ3n) is 3.49. The highest BCUT2D eigenvalue weighted by molar-refractivity contribution is 7.98. The van der Waals surface area contributed by atoms with Gasteiger partial charge in [0.2, 0.25) is 0 Å². The molecule has 6 heteroatoms. The number of para-hydroxylation sites is 1. The molecule has 0 amide bonds. The van der Waals surface area contributed by atoms with Crippen LogP contribution in [0.25, 0.3) is 0 Å². The maximum absolute atomic E-state index is 12.5. The Morgan fingerprint density at radius 3 is 2.20 bits per heavy atom. The highest BCUT2D eigenvalue weighted by Gasteiger charge is 2.15. The van der Waals surface area contributed by atoms with Crippen LogP contribution in [-0.4, -0.2) is 8.42 Å². The molecule has 0 atom stereocenters. The first kappa shape index (κ1) is 17.9. The lowest BCUT2D eigenvalue weighted by atomic mass is 10.2. The van der Waals surface area contributed by atoms with E-state index in [4.69, 9.17) is 11.6 Å². The lowest BCUT2D eigenvalue weighted by Gasteiger charge is -2.12. The summed E-state index contributed by atoms with van der Waals surface area (Å²) in [4.78, 5) is 1.12. The molecule has 0 aliphatic rings. The van der Waals surface area contributed by atoms with Crippen LogP contribution in [0, 0.1) is 0 Å². The van der Waals surface area contributed by atoms with E-state index in [1.807, 2.05) is 42.5 Å². The zero-order valence-electron chi connectivity index (χ0n) is 13.2. The van der Waals surface area contributed by atoms with Gasteiger partial charge >= 0.3 is 0 Å². The van der Waals surface area contributed by atoms with Gasteiger partial charge in [0.1, 0.15) is 0 Å². The zero-order chi connectivity index (χ0) is 17.7. The minimum Gasteiger partial charge on any atom is -0.278 e. The number of nitrogens with one attached hydrogen (secondary N) is 1. The molecule has 3 aromatic rings. The molecule has 0 saturated heterocycles. The number of rotatable bonds is 6. The standard InChI is InChI=1S/C19H16ClNO2S2/c20-16-12-10-15(11-13-16)14-24-19-9-5-4-8-18(19)21-25(22,23)17-6-2-1-3-7-17/h1-13,21H,14H2. The molecule has 0 bridgehead atoms. The normalized spacial score (nSPS) is 11.2. The first-order chi connectivity index (χ1) is 12.0. The van der Waals surface area contributed by atoms with Crippen LogP contribution >= 0.6 is 23.4 Å². The Hall–Kier alpha value is -1.95. The second-order valence-corrected chi connectivity index (χ2v) is 8.47. The summed E-state index contributed by atoms with van der Waals surface area (Å²) in [6.07, 6.45) is 0. The third kappa shape index (κ3) is 4.78.